The van der Waals surface area contributed by atoms with Gasteiger partial charge in [0.2, 0.25) is 5.82 Å². The Hall–Kier alpha value is -2.11. The van der Waals surface area contributed by atoms with Crippen molar-refractivity contribution in [1.82, 2.24) is 0 Å². The van der Waals surface area contributed by atoms with Gasteiger partial charge in [0.15, 0.2) is 17.4 Å². The Balaban J connectivity index is 2.92. The topological polar surface area (TPSA) is 49.7 Å². The highest BCUT2D eigenvalue weighted by Crippen LogP contribution is 2.40. The van der Waals surface area contributed by atoms with E-state index in [4.69, 9.17) is 4.11 Å². The molecule has 17 heavy (non-hydrogen) atoms. The van der Waals surface area contributed by atoms with Crippen molar-refractivity contribution in [1.29, 1.82) is 0 Å². The number of halogens is 3. The first-order valence-corrected chi connectivity index (χ1v) is 4.33. The standard InChI is InChI=1S/C11H7F3O3/c1-17-11-7-5(2-4(15)3-6(7)16)8(12)9(13)10(11)14/h2-3,15-16H,1H3/i1D3. The second-order valence-electron chi connectivity index (χ2n) is 3.26. The molecule has 2 rings (SSSR count). The average molecular weight is 247 g/mol. The summed E-state index contributed by atoms with van der Waals surface area (Å²) in [6.45, 7) is 0. The molecule has 90 valence electrons. The Labute approximate surface area is 97.9 Å². The number of aromatic hydroxyl groups is 2. The van der Waals surface area contributed by atoms with Crippen LogP contribution in [0.3, 0.4) is 0 Å². The van der Waals surface area contributed by atoms with Gasteiger partial charge in [0.05, 0.1) is 16.5 Å². The van der Waals surface area contributed by atoms with Crippen LogP contribution in [0.1, 0.15) is 4.11 Å². The van der Waals surface area contributed by atoms with Crippen molar-refractivity contribution in [2.75, 3.05) is 7.04 Å². The van der Waals surface area contributed by atoms with Gasteiger partial charge in [-0.05, 0) is 6.07 Å². The van der Waals surface area contributed by atoms with Crippen LogP contribution in [0.4, 0.5) is 13.2 Å². The van der Waals surface area contributed by atoms with E-state index in [9.17, 15) is 23.4 Å². The average Bonchev–Trinajstić information content (AvgIpc) is 2.30. The fourth-order valence-electron chi connectivity index (χ4n) is 1.54. The van der Waals surface area contributed by atoms with Gasteiger partial charge in [0.25, 0.3) is 0 Å². The van der Waals surface area contributed by atoms with Crippen molar-refractivity contribution in [2.45, 2.75) is 0 Å². The van der Waals surface area contributed by atoms with E-state index in [2.05, 4.69) is 4.74 Å². The van der Waals surface area contributed by atoms with Crippen LogP contribution in [0.2, 0.25) is 0 Å². The van der Waals surface area contributed by atoms with Gasteiger partial charge in [0, 0.05) is 11.5 Å². The van der Waals surface area contributed by atoms with Crippen LogP contribution < -0.4 is 4.74 Å². The molecule has 2 N–H and O–H groups in total. The Morgan fingerprint density at radius 2 is 1.82 bits per heavy atom. The van der Waals surface area contributed by atoms with E-state index in [0.717, 1.165) is 0 Å². The van der Waals surface area contributed by atoms with Crippen LogP contribution in [0.25, 0.3) is 10.8 Å². The number of fused-ring (bicyclic) bond motifs is 1. The number of ether oxygens (including phenoxy) is 1. The van der Waals surface area contributed by atoms with Crippen LogP contribution in [0.5, 0.6) is 17.2 Å². The van der Waals surface area contributed by atoms with Crippen molar-refractivity contribution in [3.63, 3.8) is 0 Å². The van der Waals surface area contributed by atoms with Gasteiger partial charge in [-0.1, -0.05) is 0 Å². The highest BCUT2D eigenvalue weighted by atomic mass is 19.2. The first kappa shape index (κ1) is 8.05. The number of rotatable bonds is 1. The Bertz CT molecular complexity index is 701. The first-order chi connectivity index (χ1) is 9.11. The van der Waals surface area contributed by atoms with E-state index in [-0.39, 0.29) is 0 Å². The van der Waals surface area contributed by atoms with E-state index in [1.807, 2.05) is 0 Å². The lowest BCUT2D eigenvalue weighted by atomic mass is 10.1. The quantitative estimate of drug-likeness (QED) is 0.762. The van der Waals surface area contributed by atoms with E-state index < -0.39 is 52.5 Å². The van der Waals surface area contributed by atoms with Gasteiger partial charge >= 0.3 is 0 Å². The normalized spacial score (nSPS) is 14.2. The summed E-state index contributed by atoms with van der Waals surface area (Å²) in [5, 5.41) is 17.4. The molecule has 0 atom stereocenters. The molecule has 6 heteroatoms. The fraction of sp³-hybridized carbons (Fsp3) is 0.0909. The molecular weight excluding hydrogens is 237 g/mol. The fourth-order valence-corrected chi connectivity index (χ4v) is 1.54. The third-order valence-electron chi connectivity index (χ3n) is 2.25. The number of phenols is 2. The van der Waals surface area contributed by atoms with Gasteiger partial charge in [-0.3, -0.25) is 0 Å². The minimum Gasteiger partial charge on any atom is -0.508 e. The van der Waals surface area contributed by atoms with Crippen LogP contribution in [0.15, 0.2) is 12.1 Å². The van der Waals surface area contributed by atoms with Crippen molar-refractivity contribution >= 4 is 10.8 Å². The van der Waals surface area contributed by atoms with Gasteiger partial charge in [-0.25, -0.2) is 8.78 Å². The summed E-state index contributed by atoms with van der Waals surface area (Å²) in [7, 11) is -3.14. The molecular formula is C11H7F3O3. The van der Waals surface area contributed by atoms with Gasteiger partial charge < -0.3 is 14.9 Å². The Kier molecular flexibility index (Phi) is 1.76. The smallest absolute Gasteiger partial charge is 0.204 e. The first-order valence-electron chi connectivity index (χ1n) is 5.83. The van der Waals surface area contributed by atoms with Crippen molar-refractivity contribution in [2.24, 2.45) is 0 Å². The molecule has 0 radical (unpaired) electrons. The van der Waals surface area contributed by atoms with Gasteiger partial charge in [-0.15, -0.1) is 0 Å². The summed E-state index contributed by atoms with van der Waals surface area (Å²) >= 11 is 0. The maximum absolute atomic E-state index is 13.6. The maximum atomic E-state index is 13.6. The van der Waals surface area contributed by atoms with Crippen LogP contribution in [-0.2, 0) is 0 Å². The Morgan fingerprint density at radius 3 is 2.47 bits per heavy atom. The number of benzene rings is 2. The molecule has 0 unspecified atom stereocenters. The molecule has 2 aromatic carbocycles. The summed E-state index contributed by atoms with van der Waals surface area (Å²) in [5.74, 6) is -8.15. The maximum Gasteiger partial charge on any atom is 0.204 e. The predicted molar refractivity (Wildman–Crippen MR) is 53.7 cm³/mol. The SMILES string of the molecule is [2H]C([2H])([2H])Oc1c(F)c(F)c(F)c2cc(O)cc(O)c12. The largest absolute Gasteiger partial charge is 0.508 e. The van der Waals surface area contributed by atoms with Crippen molar-refractivity contribution in [3.05, 3.63) is 29.6 Å². The molecule has 0 aromatic heterocycles. The number of hydrogen-bond donors (Lipinski definition) is 2. The number of methoxy groups -OCH3 is 1. The summed E-state index contributed by atoms with van der Waals surface area (Å²) in [6.07, 6.45) is 0. The molecule has 0 aliphatic rings. The summed E-state index contributed by atoms with van der Waals surface area (Å²) in [4.78, 5) is 0. The summed E-state index contributed by atoms with van der Waals surface area (Å²) in [6, 6.07) is 1.42. The monoisotopic (exact) mass is 247 g/mol. The minimum atomic E-state index is -3.14. The molecule has 0 fully saturated rings. The lowest BCUT2D eigenvalue weighted by molar-refractivity contribution is 0.365. The molecule has 0 amide bonds. The number of hydrogen-bond acceptors (Lipinski definition) is 3. The van der Waals surface area contributed by atoms with Gasteiger partial charge in [-0.2, -0.15) is 4.39 Å². The lowest BCUT2D eigenvalue weighted by Crippen LogP contribution is -1.98. The molecule has 0 aliphatic heterocycles. The predicted octanol–water partition coefficient (Wildman–Crippen LogP) is 2.68. The van der Waals surface area contributed by atoms with Crippen LogP contribution >= 0.6 is 0 Å². The minimum absolute atomic E-state index is 0.611. The molecule has 0 spiro atoms. The molecule has 0 bridgehead atoms. The molecule has 0 saturated heterocycles. The van der Waals surface area contributed by atoms with Gasteiger partial charge in [0.1, 0.15) is 11.5 Å². The van der Waals surface area contributed by atoms with E-state index in [0.29, 0.717) is 12.1 Å². The summed E-state index contributed by atoms with van der Waals surface area (Å²) in [5.41, 5.74) is 0. The lowest BCUT2D eigenvalue weighted by Gasteiger charge is -2.10. The second kappa shape index (κ2) is 3.73. The Morgan fingerprint density at radius 1 is 1.12 bits per heavy atom. The zero-order chi connectivity index (χ0) is 15.2. The summed E-state index contributed by atoms with van der Waals surface area (Å²) < 4.78 is 65.5. The van der Waals surface area contributed by atoms with Crippen LogP contribution in [-0.4, -0.2) is 17.3 Å². The molecule has 2 aromatic rings. The molecule has 0 saturated carbocycles. The highest BCUT2D eigenvalue weighted by Gasteiger charge is 2.23. The zero-order valence-corrected chi connectivity index (χ0v) is 8.09. The van der Waals surface area contributed by atoms with E-state index >= 15 is 0 Å². The third kappa shape index (κ3) is 1.52. The molecule has 3 nitrogen and oxygen atoms in total. The molecule has 0 heterocycles. The zero-order valence-electron chi connectivity index (χ0n) is 11.1. The van der Waals surface area contributed by atoms with E-state index in [1.54, 1.807) is 0 Å². The highest BCUT2D eigenvalue weighted by molar-refractivity contribution is 5.95. The van der Waals surface area contributed by atoms with Crippen molar-refractivity contribution in [3.8, 4) is 17.2 Å². The van der Waals surface area contributed by atoms with Crippen LogP contribution in [0, 0.1) is 17.5 Å². The molecule has 0 aliphatic carbocycles. The van der Waals surface area contributed by atoms with E-state index in [1.165, 1.54) is 0 Å². The number of phenolic OH excluding ortho intramolecular Hbond substituents is 2. The third-order valence-corrected chi connectivity index (χ3v) is 2.25. The van der Waals surface area contributed by atoms with Crippen molar-refractivity contribution < 1.29 is 32.2 Å². The second-order valence-corrected chi connectivity index (χ2v) is 3.26.